The molecule has 0 radical (unpaired) electrons. The predicted molar refractivity (Wildman–Crippen MR) is 62.4 cm³/mol. The van der Waals surface area contributed by atoms with Crippen molar-refractivity contribution in [3.63, 3.8) is 0 Å². The summed E-state index contributed by atoms with van der Waals surface area (Å²) in [6.45, 7) is 1.97. The summed E-state index contributed by atoms with van der Waals surface area (Å²) in [7, 11) is 0. The van der Waals surface area contributed by atoms with E-state index in [0.717, 1.165) is 16.7 Å². The van der Waals surface area contributed by atoms with Crippen LogP contribution >= 0.6 is 0 Å². The SMILES string of the molecule is CC(=C1C=CC=C1)C(O)c1ccccc1. The Kier molecular flexibility index (Phi) is 2.84. The van der Waals surface area contributed by atoms with Gasteiger partial charge < -0.3 is 5.11 Å². The largest absolute Gasteiger partial charge is 0.384 e. The van der Waals surface area contributed by atoms with E-state index < -0.39 is 6.10 Å². The molecule has 0 saturated heterocycles. The Hall–Kier alpha value is -1.60. The fourth-order valence-corrected chi connectivity index (χ4v) is 1.68. The van der Waals surface area contributed by atoms with Crippen LogP contribution in [0.1, 0.15) is 18.6 Å². The maximum atomic E-state index is 10.1. The van der Waals surface area contributed by atoms with Gasteiger partial charge in [-0.2, -0.15) is 0 Å². The predicted octanol–water partition coefficient (Wildman–Crippen LogP) is 3.16. The summed E-state index contributed by atoms with van der Waals surface area (Å²) in [5, 5.41) is 10.1. The summed E-state index contributed by atoms with van der Waals surface area (Å²) in [6, 6.07) is 9.72. The van der Waals surface area contributed by atoms with Gasteiger partial charge in [0.1, 0.15) is 6.10 Å². The molecule has 1 nitrogen and oxygen atoms in total. The number of hydrogen-bond acceptors (Lipinski definition) is 1. The quantitative estimate of drug-likeness (QED) is 0.774. The monoisotopic (exact) mass is 198 g/mol. The maximum absolute atomic E-state index is 10.1. The van der Waals surface area contributed by atoms with E-state index >= 15 is 0 Å². The molecule has 0 saturated carbocycles. The molecule has 2 rings (SSSR count). The highest BCUT2D eigenvalue weighted by atomic mass is 16.3. The minimum atomic E-state index is -0.506. The molecule has 1 aromatic rings. The van der Waals surface area contributed by atoms with Crippen molar-refractivity contribution in [3.05, 3.63) is 71.3 Å². The highest BCUT2D eigenvalue weighted by Crippen LogP contribution is 2.26. The van der Waals surface area contributed by atoms with Crippen LogP contribution in [0, 0.1) is 0 Å². The molecule has 1 aliphatic rings. The van der Waals surface area contributed by atoms with Gasteiger partial charge in [0.2, 0.25) is 0 Å². The summed E-state index contributed by atoms with van der Waals surface area (Å²) >= 11 is 0. The van der Waals surface area contributed by atoms with Gasteiger partial charge in [-0.25, -0.2) is 0 Å². The molecular formula is C14H14O. The van der Waals surface area contributed by atoms with Crippen LogP contribution in [0.5, 0.6) is 0 Å². The zero-order chi connectivity index (χ0) is 10.7. The van der Waals surface area contributed by atoms with Crippen LogP contribution in [0.2, 0.25) is 0 Å². The number of allylic oxidation sites excluding steroid dienone is 5. The third kappa shape index (κ3) is 2.08. The van der Waals surface area contributed by atoms with Gasteiger partial charge in [-0.15, -0.1) is 0 Å². The van der Waals surface area contributed by atoms with E-state index in [2.05, 4.69) is 0 Å². The molecule has 1 aromatic carbocycles. The third-order valence-corrected chi connectivity index (χ3v) is 2.64. The third-order valence-electron chi connectivity index (χ3n) is 2.64. The van der Waals surface area contributed by atoms with E-state index in [1.165, 1.54) is 0 Å². The first-order chi connectivity index (χ1) is 7.29. The van der Waals surface area contributed by atoms with E-state index in [1.54, 1.807) is 0 Å². The van der Waals surface area contributed by atoms with Gasteiger partial charge in [-0.05, 0) is 23.6 Å². The van der Waals surface area contributed by atoms with Gasteiger partial charge in [-0.1, -0.05) is 54.6 Å². The van der Waals surface area contributed by atoms with Crippen LogP contribution in [0.25, 0.3) is 0 Å². The van der Waals surface area contributed by atoms with Crippen molar-refractivity contribution in [3.8, 4) is 0 Å². The number of hydrogen-bond donors (Lipinski definition) is 1. The molecule has 0 spiro atoms. The Morgan fingerprint density at radius 3 is 2.27 bits per heavy atom. The van der Waals surface area contributed by atoms with E-state index in [0.29, 0.717) is 0 Å². The van der Waals surface area contributed by atoms with Gasteiger partial charge in [0.25, 0.3) is 0 Å². The molecule has 1 unspecified atom stereocenters. The number of benzene rings is 1. The average molecular weight is 198 g/mol. The zero-order valence-corrected chi connectivity index (χ0v) is 8.72. The molecule has 0 amide bonds. The standard InChI is InChI=1S/C14H14O/c1-11(12-7-5-6-8-12)14(15)13-9-3-2-4-10-13/h2-10,14-15H,1H3. The minimum absolute atomic E-state index is 0.506. The van der Waals surface area contributed by atoms with Crippen molar-refractivity contribution in [1.29, 1.82) is 0 Å². The van der Waals surface area contributed by atoms with Crippen molar-refractivity contribution in [2.75, 3.05) is 0 Å². The first-order valence-electron chi connectivity index (χ1n) is 5.07. The van der Waals surface area contributed by atoms with Crippen LogP contribution in [-0.2, 0) is 0 Å². The van der Waals surface area contributed by atoms with E-state index in [9.17, 15) is 5.11 Å². The first-order valence-corrected chi connectivity index (χ1v) is 5.07. The van der Waals surface area contributed by atoms with Crippen LogP contribution in [0.15, 0.2) is 65.8 Å². The highest BCUT2D eigenvalue weighted by molar-refractivity contribution is 5.45. The van der Waals surface area contributed by atoms with Crippen LogP contribution in [-0.4, -0.2) is 5.11 Å². The molecule has 76 valence electrons. The van der Waals surface area contributed by atoms with Crippen LogP contribution < -0.4 is 0 Å². The number of aliphatic hydroxyl groups excluding tert-OH is 1. The Morgan fingerprint density at radius 1 is 1.07 bits per heavy atom. The van der Waals surface area contributed by atoms with E-state index in [-0.39, 0.29) is 0 Å². The second-order valence-corrected chi connectivity index (χ2v) is 3.67. The lowest BCUT2D eigenvalue weighted by Crippen LogP contribution is -2.00. The van der Waals surface area contributed by atoms with Crippen LogP contribution in [0.4, 0.5) is 0 Å². The molecule has 0 heterocycles. The molecular weight excluding hydrogens is 184 g/mol. The molecule has 0 bridgehead atoms. The van der Waals surface area contributed by atoms with Gasteiger partial charge >= 0.3 is 0 Å². The van der Waals surface area contributed by atoms with Crippen molar-refractivity contribution in [2.45, 2.75) is 13.0 Å². The van der Waals surface area contributed by atoms with Crippen LogP contribution in [0.3, 0.4) is 0 Å². The van der Waals surface area contributed by atoms with Crippen molar-refractivity contribution in [2.24, 2.45) is 0 Å². The van der Waals surface area contributed by atoms with E-state index in [1.807, 2.05) is 61.6 Å². The number of aliphatic hydroxyl groups is 1. The number of rotatable bonds is 2. The summed E-state index contributed by atoms with van der Waals surface area (Å²) in [5.74, 6) is 0. The lowest BCUT2D eigenvalue weighted by Gasteiger charge is -2.13. The van der Waals surface area contributed by atoms with Gasteiger partial charge in [-0.3, -0.25) is 0 Å². The van der Waals surface area contributed by atoms with Crippen molar-refractivity contribution < 1.29 is 5.11 Å². The zero-order valence-electron chi connectivity index (χ0n) is 8.72. The molecule has 0 fully saturated rings. The second-order valence-electron chi connectivity index (χ2n) is 3.67. The molecule has 15 heavy (non-hydrogen) atoms. The van der Waals surface area contributed by atoms with Gasteiger partial charge in [0.15, 0.2) is 0 Å². The second kappa shape index (κ2) is 4.28. The van der Waals surface area contributed by atoms with Gasteiger partial charge in [0.05, 0.1) is 0 Å². The average Bonchev–Trinajstić information content (AvgIpc) is 2.82. The topological polar surface area (TPSA) is 20.2 Å². The fraction of sp³-hybridized carbons (Fsp3) is 0.143. The maximum Gasteiger partial charge on any atom is 0.101 e. The molecule has 0 aromatic heterocycles. The lowest BCUT2D eigenvalue weighted by atomic mass is 9.99. The molecule has 1 N–H and O–H groups in total. The smallest absolute Gasteiger partial charge is 0.101 e. The Bertz CT molecular complexity index is 410. The first kappa shape index (κ1) is 9.94. The van der Waals surface area contributed by atoms with Gasteiger partial charge in [0, 0.05) is 0 Å². The lowest BCUT2D eigenvalue weighted by molar-refractivity contribution is 0.215. The summed E-state index contributed by atoms with van der Waals surface area (Å²) in [6.07, 6.45) is 7.49. The summed E-state index contributed by atoms with van der Waals surface area (Å²) in [5.41, 5.74) is 3.04. The molecule has 1 heteroatoms. The van der Waals surface area contributed by atoms with Crippen molar-refractivity contribution >= 4 is 0 Å². The Labute approximate surface area is 90.1 Å². The highest BCUT2D eigenvalue weighted by Gasteiger charge is 2.11. The summed E-state index contributed by atoms with van der Waals surface area (Å²) < 4.78 is 0. The molecule has 0 aliphatic heterocycles. The van der Waals surface area contributed by atoms with E-state index in [4.69, 9.17) is 0 Å². The Balaban J connectivity index is 2.29. The normalized spacial score (nSPS) is 15.7. The fourth-order valence-electron chi connectivity index (χ4n) is 1.68. The van der Waals surface area contributed by atoms with Crippen molar-refractivity contribution in [1.82, 2.24) is 0 Å². The Morgan fingerprint density at radius 2 is 1.67 bits per heavy atom. The molecule has 1 atom stereocenters. The summed E-state index contributed by atoms with van der Waals surface area (Å²) in [4.78, 5) is 0. The minimum Gasteiger partial charge on any atom is -0.384 e. The molecule has 1 aliphatic carbocycles.